The van der Waals surface area contributed by atoms with Gasteiger partial charge in [-0.2, -0.15) is 0 Å². The molecule has 2 amide bonds. The van der Waals surface area contributed by atoms with Gasteiger partial charge in [0, 0.05) is 35.7 Å². The molecule has 6 nitrogen and oxygen atoms in total. The molecular weight excluding hydrogens is 356 g/mol. The van der Waals surface area contributed by atoms with E-state index in [0.29, 0.717) is 30.0 Å². The van der Waals surface area contributed by atoms with Gasteiger partial charge in [0.05, 0.1) is 13.2 Å². The number of anilines is 1. The minimum absolute atomic E-state index is 0.0706. The molecule has 0 atom stereocenters. The number of carbonyl (C=O) groups is 2. The SMILES string of the molecule is O=C(Nc1cccc(C(=O)c2ccccc2)c1)NC1CCC2(CC1)OCCO2. The van der Waals surface area contributed by atoms with Crippen LogP contribution >= 0.6 is 0 Å². The number of hydrogen-bond donors (Lipinski definition) is 2. The zero-order chi connectivity index (χ0) is 19.4. The maximum Gasteiger partial charge on any atom is 0.319 e. The summed E-state index contributed by atoms with van der Waals surface area (Å²) in [5.74, 6) is -0.500. The highest BCUT2D eigenvalue weighted by molar-refractivity contribution is 6.09. The van der Waals surface area contributed by atoms with E-state index in [1.54, 1.807) is 36.4 Å². The number of urea groups is 1. The Hall–Kier alpha value is -2.70. The molecule has 0 aromatic heterocycles. The zero-order valence-corrected chi connectivity index (χ0v) is 15.6. The maximum atomic E-state index is 12.6. The van der Waals surface area contributed by atoms with Crippen molar-refractivity contribution in [3.05, 3.63) is 65.7 Å². The van der Waals surface area contributed by atoms with Crippen LogP contribution in [0.25, 0.3) is 0 Å². The number of carbonyl (C=O) groups excluding carboxylic acids is 2. The van der Waals surface area contributed by atoms with E-state index >= 15 is 0 Å². The lowest BCUT2D eigenvalue weighted by Crippen LogP contribution is -2.45. The van der Waals surface area contributed by atoms with Crippen LogP contribution in [0.1, 0.15) is 41.6 Å². The van der Waals surface area contributed by atoms with Crippen LogP contribution in [0, 0.1) is 0 Å². The molecular formula is C22H24N2O4. The molecule has 146 valence electrons. The van der Waals surface area contributed by atoms with E-state index in [1.165, 1.54) is 0 Å². The van der Waals surface area contributed by atoms with Crippen molar-refractivity contribution in [1.82, 2.24) is 5.32 Å². The van der Waals surface area contributed by atoms with Gasteiger partial charge in [0.15, 0.2) is 11.6 Å². The first-order chi connectivity index (χ1) is 13.6. The third-order valence-corrected chi connectivity index (χ3v) is 5.31. The smallest absolute Gasteiger partial charge is 0.319 e. The third-order valence-electron chi connectivity index (χ3n) is 5.31. The van der Waals surface area contributed by atoms with E-state index in [0.717, 1.165) is 25.7 Å². The second kappa shape index (κ2) is 8.12. The largest absolute Gasteiger partial charge is 0.348 e. The van der Waals surface area contributed by atoms with Crippen molar-refractivity contribution in [1.29, 1.82) is 0 Å². The van der Waals surface area contributed by atoms with E-state index in [1.807, 2.05) is 18.2 Å². The highest BCUT2D eigenvalue weighted by Gasteiger charge is 2.40. The summed E-state index contributed by atoms with van der Waals surface area (Å²) in [6.45, 7) is 1.30. The number of amides is 2. The molecule has 1 saturated heterocycles. The Morgan fingerprint density at radius 3 is 2.29 bits per heavy atom. The summed E-state index contributed by atoms with van der Waals surface area (Å²) < 4.78 is 11.4. The lowest BCUT2D eigenvalue weighted by Gasteiger charge is -2.35. The zero-order valence-electron chi connectivity index (χ0n) is 15.6. The quantitative estimate of drug-likeness (QED) is 0.793. The van der Waals surface area contributed by atoms with Crippen LogP contribution in [0.4, 0.5) is 10.5 Å². The fourth-order valence-electron chi connectivity index (χ4n) is 3.83. The van der Waals surface area contributed by atoms with Crippen LogP contribution in [0.5, 0.6) is 0 Å². The fourth-order valence-corrected chi connectivity index (χ4v) is 3.83. The van der Waals surface area contributed by atoms with E-state index in [9.17, 15) is 9.59 Å². The van der Waals surface area contributed by atoms with Gasteiger partial charge in [0.25, 0.3) is 0 Å². The average molecular weight is 380 g/mol. The Morgan fingerprint density at radius 1 is 0.893 bits per heavy atom. The van der Waals surface area contributed by atoms with Crippen molar-refractivity contribution in [2.45, 2.75) is 37.5 Å². The number of benzene rings is 2. The van der Waals surface area contributed by atoms with Crippen LogP contribution in [0.15, 0.2) is 54.6 Å². The Morgan fingerprint density at radius 2 is 1.57 bits per heavy atom. The lowest BCUT2D eigenvalue weighted by molar-refractivity contribution is -0.179. The van der Waals surface area contributed by atoms with Crippen LogP contribution in [0.3, 0.4) is 0 Å². The van der Waals surface area contributed by atoms with Crippen molar-refractivity contribution >= 4 is 17.5 Å². The van der Waals surface area contributed by atoms with Crippen LogP contribution in [-0.2, 0) is 9.47 Å². The Balaban J connectivity index is 1.33. The molecule has 1 saturated carbocycles. The normalized spacial score (nSPS) is 18.7. The number of ketones is 1. The summed E-state index contributed by atoms with van der Waals surface area (Å²) in [5.41, 5.74) is 1.75. The summed E-state index contributed by atoms with van der Waals surface area (Å²) >= 11 is 0. The topological polar surface area (TPSA) is 76.7 Å². The van der Waals surface area contributed by atoms with E-state index in [4.69, 9.17) is 9.47 Å². The first-order valence-electron chi connectivity index (χ1n) is 9.69. The van der Waals surface area contributed by atoms with Gasteiger partial charge in [-0.15, -0.1) is 0 Å². The summed E-state index contributed by atoms with van der Waals surface area (Å²) in [4.78, 5) is 24.9. The molecule has 1 aliphatic heterocycles. The number of ether oxygens (including phenoxy) is 2. The molecule has 4 rings (SSSR count). The number of rotatable bonds is 4. The molecule has 0 unspecified atom stereocenters. The van der Waals surface area contributed by atoms with Gasteiger partial charge in [-0.3, -0.25) is 4.79 Å². The van der Waals surface area contributed by atoms with Crippen molar-refractivity contribution in [3.63, 3.8) is 0 Å². The Bertz CT molecular complexity index is 837. The van der Waals surface area contributed by atoms with Crippen molar-refractivity contribution < 1.29 is 19.1 Å². The first-order valence-corrected chi connectivity index (χ1v) is 9.69. The number of nitrogens with one attached hydrogen (secondary N) is 2. The molecule has 0 bridgehead atoms. The van der Waals surface area contributed by atoms with Gasteiger partial charge in [0.1, 0.15) is 0 Å². The van der Waals surface area contributed by atoms with Crippen molar-refractivity contribution in [2.75, 3.05) is 18.5 Å². The van der Waals surface area contributed by atoms with E-state index < -0.39 is 5.79 Å². The Labute approximate surface area is 164 Å². The second-order valence-corrected chi connectivity index (χ2v) is 7.26. The molecule has 0 radical (unpaired) electrons. The number of hydrogen-bond acceptors (Lipinski definition) is 4. The third kappa shape index (κ3) is 4.24. The van der Waals surface area contributed by atoms with Crippen molar-refractivity contribution in [2.24, 2.45) is 0 Å². The van der Waals surface area contributed by atoms with Gasteiger partial charge in [0.2, 0.25) is 0 Å². The van der Waals surface area contributed by atoms with E-state index in [2.05, 4.69) is 10.6 Å². The van der Waals surface area contributed by atoms with Gasteiger partial charge in [-0.1, -0.05) is 42.5 Å². The molecule has 2 fully saturated rings. The summed E-state index contributed by atoms with van der Waals surface area (Å²) in [6.07, 6.45) is 3.22. The highest BCUT2D eigenvalue weighted by atomic mass is 16.7. The summed E-state index contributed by atoms with van der Waals surface area (Å²) in [6, 6.07) is 15.9. The maximum absolute atomic E-state index is 12.6. The van der Waals surface area contributed by atoms with Crippen molar-refractivity contribution in [3.8, 4) is 0 Å². The molecule has 2 aromatic carbocycles. The summed E-state index contributed by atoms with van der Waals surface area (Å²) in [7, 11) is 0. The first kappa shape index (κ1) is 18.7. The predicted molar refractivity (Wildman–Crippen MR) is 105 cm³/mol. The molecule has 2 N–H and O–H groups in total. The standard InChI is InChI=1S/C22H24N2O4/c25-20(16-5-2-1-3-6-16)17-7-4-8-19(15-17)24-21(26)23-18-9-11-22(12-10-18)27-13-14-28-22/h1-8,15,18H,9-14H2,(H2,23,24,26). The van der Waals surface area contributed by atoms with Crippen LogP contribution in [0.2, 0.25) is 0 Å². The fraction of sp³-hybridized carbons (Fsp3) is 0.364. The lowest BCUT2D eigenvalue weighted by atomic mass is 9.90. The molecule has 1 heterocycles. The molecule has 6 heteroatoms. The monoisotopic (exact) mass is 380 g/mol. The van der Waals surface area contributed by atoms with Gasteiger partial charge in [-0.25, -0.2) is 4.79 Å². The minimum atomic E-state index is -0.430. The molecule has 28 heavy (non-hydrogen) atoms. The minimum Gasteiger partial charge on any atom is -0.348 e. The van der Waals surface area contributed by atoms with Gasteiger partial charge < -0.3 is 20.1 Å². The van der Waals surface area contributed by atoms with Gasteiger partial charge >= 0.3 is 6.03 Å². The van der Waals surface area contributed by atoms with Crippen LogP contribution in [-0.4, -0.2) is 36.9 Å². The van der Waals surface area contributed by atoms with Crippen LogP contribution < -0.4 is 10.6 Å². The average Bonchev–Trinajstić information content (AvgIpc) is 3.18. The van der Waals surface area contributed by atoms with E-state index in [-0.39, 0.29) is 17.9 Å². The van der Waals surface area contributed by atoms with Gasteiger partial charge in [-0.05, 0) is 25.0 Å². The molecule has 1 aliphatic carbocycles. The predicted octanol–water partition coefficient (Wildman–Crippen LogP) is 3.72. The summed E-state index contributed by atoms with van der Waals surface area (Å²) in [5, 5.41) is 5.84. The highest BCUT2D eigenvalue weighted by Crippen LogP contribution is 2.35. The molecule has 2 aliphatic rings. The molecule has 1 spiro atoms. The molecule has 2 aromatic rings. The Kier molecular flexibility index (Phi) is 5.41. The second-order valence-electron chi connectivity index (χ2n) is 7.26.